The molecule has 1 amide bonds. The van der Waals surface area contributed by atoms with E-state index in [4.69, 9.17) is 5.21 Å². The van der Waals surface area contributed by atoms with Gasteiger partial charge in [-0.05, 0) is 52.8 Å². The number of allylic oxidation sites excluding steroid dienone is 2. The molecular formula is C20H25FN2O2. The van der Waals surface area contributed by atoms with Gasteiger partial charge >= 0.3 is 0 Å². The van der Waals surface area contributed by atoms with Gasteiger partial charge in [0.2, 0.25) is 0 Å². The Kier molecular flexibility index (Phi) is 3.78. The van der Waals surface area contributed by atoms with Crippen molar-refractivity contribution in [3.8, 4) is 0 Å². The molecule has 0 spiro atoms. The molecule has 4 nitrogen and oxygen atoms in total. The molecule has 3 aliphatic rings. The molecule has 5 heteroatoms. The monoisotopic (exact) mass is 344 g/mol. The molecule has 4 rings (SSSR count). The second kappa shape index (κ2) is 5.64. The zero-order valence-electron chi connectivity index (χ0n) is 15.0. The fourth-order valence-electron chi connectivity index (χ4n) is 5.39. The number of fused-ring (bicyclic) bond motifs is 2. The average Bonchev–Trinajstić information content (AvgIpc) is 2.57. The fraction of sp³-hybridized carbons (Fsp3) is 0.550. The number of hydrogen-bond acceptors (Lipinski definition) is 3. The van der Waals surface area contributed by atoms with Gasteiger partial charge in [0.15, 0.2) is 0 Å². The van der Waals surface area contributed by atoms with Crippen molar-refractivity contribution in [1.82, 2.24) is 10.4 Å². The standard InChI is InChI=1S/C20H25FN2O2/c1-11-6-16-12(2)20(3,18(11)16)10-23-5-4-15-14(9-23)7-13(8-17(15)21)19(24)22-25/h6-8,11-12,18,25H,4-5,9-10H2,1-3H3,(H,22,24). The van der Waals surface area contributed by atoms with E-state index in [1.54, 1.807) is 17.1 Å². The first-order valence-corrected chi connectivity index (χ1v) is 9.05. The highest BCUT2D eigenvalue weighted by Gasteiger charge is 2.59. The Balaban J connectivity index is 1.54. The molecule has 2 aliphatic carbocycles. The molecule has 2 N–H and O–H groups in total. The average molecular weight is 344 g/mol. The third-order valence-electron chi connectivity index (χ3n) is 6.83. The van der Waals surface area contributed by atoms with Gasteiger partial charge < -0.3 is 0 Å². The van der Waals surface area contributed by atoms with Crippen molar-refractivity contribution >= 4 is 5.91 Å². The van der Waals surface area contributed by atoms with Gasteiger partial charge in [0, 0.05) is 25.2 Å². The van der Waals surface area contributed by atoms with Crippen molar-refractivity contribution in [2.75, 3.05) is 13.1 Å². The van der Waals surface area contributed by atoms with Crippen molar-refractivity contribution in [3.05, 3.63) is 46.3 Å². The van der Waals surface area contributed by atoms with Crippen LogP contribution < -0.4 is 5.48 Å². The molecular weight excluding hydrogens is 319 g/mol. The van der Waals surface area contributed by atoms with Gasteiger partial charge in [0.1, 0.15) is 5.82 Å². The Bertz CT molecular complexity index is 775. The Morgan fingerprint density at radius 3 is 2.88 bits per heavy atom. The summed E-state index contributed by atoms with van der Waals surface area (Å²) in [5, 5.41) is 8.80. The predicted octanol–water partition coefficient (Wildman–Crippen LogP) is 3.15. The summed E-state index contributed by atoms with van der Waals surface area (Å²) in [6.45, 7) is 9.48. The zero-order valence-corrected chi connectivity index (χ0v) is 15.0. The minimum absolute atomic E-state index is 0.168. The third-order valence-corrected chi connectivity index (χ3v) is 6.83. The van der Waals surface area contributed by atoms with E-state index in [0.29, 0.717) is 36.3 Å². The van der Waals surface area contributed by atoms with Gasteiger partial charge in [0.25, 0.3) is 5.91 Å². The molecule has 1 aromatic rings. The zero-order chi connectivity index (χ0) is 17.9. The topological polar surface area (TPSA) is 52.6 Å². The molecule has 134 valence electrons. The first kappa shape index (κ1) is 16.7. The lowest BCUT2D eigenvalue weighted by atomic mass is 9.42. The normalized spacial score (nSPS) is 33.5. The van der Waals surface area contributed by atoms with E-state index >= 15 is 0 Å². The maximum absolute atomic E-state index is 14.3. The largest absolute Gasteiger partial charge is 0.298 e. The van der Waals surface area contributed by atoms with Crippen LogP contribution >= 0.6 is 0 Å². The Labute approximate surface area is 147 Å². The Morgan fingerprint density at radius 1 is 1.44 bits per heavy atom. The van der Waals surface area contributed by atoms with Crippen LogP contribution in [0.2, 0.25) is 0 Å². The van der Waals surface area contributed by atoms with E-state index < -0.39 is 5.91 Å². The lowest BCUT2D eigenvalue weighted by molar-refractivity contribution is -0.0335. The van der Waals surface area contributed by atoms with Gasteiger partial charge in [0.05, 0.1) is 0 Å². The summed E-state index contributed by atoms with van der Waals surface area (Å²) in [5.41, 5.74) is 5.21. The minimum atomic E-state index is -0.670. The van der Waals surface area contributed by atoms with Crippen LogP contribution in [-0.4, -0.2) is 29.1 Å². The van der Waals surface area contributed by atoms with Crippen molar-refractivity contribution in [1.29, 1.82) is 0 Å². The summed E-state index contributed by atoms with van der Waals surface area (Å²) in [4.78, 5) is 14.0. The van der Waals surface area contributed by atoms with E-state index in [0.717, 1.165) is 18.7 Å². The highest BCUT2D eigenvalue weighted by atomic mass is 19.1. The quantitative estimate of drug-likeness (QED) is 0.503. The van der Waals surface area contributed by atoms with Gasteiger partial charge in [-0.3, -0.25) is 14.9 Å². The lowest BCUT2D eigenvalue weighted by Crippen LogP contribution is -2.60. The Morgan fingerprint density at radius 2 is 2.20 bits per heavy atom. The van der Waals surface area contributed by atoms with E-state index in [-0.39, 0.29) is 16.8 Å². The van der Waals surface area contributed by atoms with Crippen molar-refractivity contribution in [2.45, 2.75) is 33.7 Å². The van der Waals surface area contributed by atoms with Gasteiger partial charge in [-0.25, -0.2) is 9.87 Å². The third kappa shape index (κ3) is 2.36. The number of halogens is 1. The summed E-state index contributed by atoms with van der Waals surface area (Å²) >= 11 is 0. The molecule has 0 bridgehead atoms. The Hall–Kier alpha value is -1.72. The first-order chi connectivity index (χ1) is 11.8. The molecule has 1 fully saturated rings. The number of rotatable bonds is 3. The SMILES string of the molecule is CC1C=C2C(C)C(C)(CN3CCc4c(F)cc(C(=O)NO)cc4C3)C21. The summed E-state index contributed by atoms with van der Waals surface area (Å²) in [6.07, 6.45) is 3.06. The lowest BCUT2D eigenvalue weighted by Gasteiger charge is -2.64. The van der Waals surface area contributed by atoms with Gasteiger partial charge in [-0.15, -0.1) is 0 Å². The maximum atomic E-state index is 14.3. The first-order valence-electron chi connectivity index (χ1n) is 9.05. The highest BCUT2D eigenvalue weighted by molar-refractivity contribution is 5.93. The molecule has 1 aromatic carbocycles. The molecule has 0 saturated heterocycles. The molecule has 0 radical (unpaired) electrons. The van der Waals surface area contributed by atoms with Gasteiger partial charge in [-0.2, -0.15) is 0 Å². The molecule has 1 heterocycles. The van der Waals surface area contributed by atoms with Gasteiger partial charge in [-0.1, -0.05) is 32.4 Å². The van der Waals surface area contributed by atoms with Crippen molar-refractivity contribution in [3.63, 3.8) is 0 Å². The van der Waals surface area contributed by atoms with Crippen LogP contribution in [0.15, 0.2) is 23.8 Å². The van der Waals surface area contributed by atoms with Crippen LogP contribution in [-0.2, 0) is 13.0 Å². The van der Waals surface area contributed by atoms with Crippen LogP contribution in [0, 0.1) is 29.0 Å². The van der Waals surface area contributed by atoms with Crippen LogP contribution in [0.25, 0.3) is 0 Å². The van der Waals surface area contributed by atoms with Crippen molar-refractivity contribution < 1.29 is 14.4 Å². The number of benzene rings is 1. The van der Waals surface area contributed by atoms with Crippen LogP contribution in [0.3, 0.4) is 0 Å². The van der Waals surface area contributed by atoms with Crippen LogP contribution in [0.5, 0.6) is 0 Å². The molecule has 1 aliphatic heterocycles. The number of carbonyl (C=O) groups excluding carboxylic acids is 1. The molecule has 4 unspecified atom stereocenters. The summed E-state index contributed by atoms with van der Waals surface area (Å²) < 4.78 is 14.3. The van der Waals surface area contributed by atoms with Crippen LogP contribution in [0.4, 0.5) is 4.39 Å². The highest BCUT2D eigenvalue weighted by Crippen LogP contribution is 2.64. The molecule has 1 saturated carbocycles. The van der Waals surface area contributed by atoms with E-state index in [9.17, 15) is 9.18 Å². The number of hydrogen-bond donors (Lipinski definition) is 2. The molecule has 0 aromatic heterocycles. The number of nitrogens with zero attached hydrogens (tertiary/aromatic N) is 1. The number of carbonyl (C=O) groups is 1. The molecule has 25 heavy (non-hydrogen) atoms. The minimum Gasteiger partial charge on any atom is -0.298 e. The van der Waals surface area contributed by atoms with E-state index in [1.807, 2.05) is 0 Å². The molecule has 4 atom stereocenters. The summed E-state index contributed by atoms with van der Waals surface area (Å²) in [7, 11) is 0. The summed E-state index contributed by atoms with van der Waals surface area (Å²) in [6, 6.07) is 2.92. The van der Waals surface area contributed by atoms with E-state index in [1.165, 1.54) is 6.07 Å². The number of nitrogens with one attached hydrogen (secondary N) is 1. The second-order valence-electron chi connectivity index (χ2n) is 8.23. The predicted molar refractivity (Wildman–Crippen MR) is 92.6 cm³/mol. The fourth-order valence-corrected chi connectivity index (χ4v) is 5.39. The second-order valence-corrected chi connectivity index (χ2v) is 8.23. The van der Waals surface area contributed by atoms with Crippen molar-refractivity contribution in [2.24, 2.45) is 23.2 Å². The number of amides is 1. The van der Waals surface area contributed by atoms with E-state index in [2.05, 4.69) is 31.7 Å². The number of hydroxylamine groups is 1. The van der Waals surface area contributed by atoms with Crippen LogP contribution in [0.1, 0.15) is 42.3 Å². The maximum Gasteiger partial charge on any atom is 0.274 e. The smallest absolute Gasteiger partial charge is 0.274 e. The summed E-state index contributed by atoms with van der Waals surface area (Å²) in [5.74, 6) is 0.935.